The molecule has 3 rings (SSSR count). The van der Waals surface area contributed by atoms with Crippen LogP contribution in [0.3, 0.4) is 0 Å². The molecule has 1 unspecified atom stereocenters. The van der Waals surface area contributed by atoms with Crippen molar-refractivity contribution >= 4 is 21.4 Å². The Labute approximate surface area is 128 Å². The van der Waals surface area contributed by atoms with Crippen LogP contribution >= 0.6 is 11.3 Å². The molecule has 0 radical (unpaired) electrons. The molecule has 2 aromatic carbocycles. The van der Waals surface area contributed by atoms with Crippen LogP contribution < -0.4 is 16.0 Å². The van der Waals surface area contributed by atoms with Gasteiger partial charge in [-0.05, 0) is 35.4 Å². The Morgan fingerprint density at radius 1 is 1.14 bits per heavy atom. The van der Waals surface area contributed by atoms with Gasteiger partial charge in [-0.3, -0.25) is 5.84 Å². The molecular weight excluding hydrogens is 280 g/mol. The van der Waals surface area contributed by atoms with Crippen molar-refractivity contribution in [1.29, 1.82) is 0 Å². The summed E-state index contributed by atoms with van der Waals surface area (Å²) in [6, 6.07) is 14.4. The van der Waals surface area contributed by atoms with E-state index in [0.29, 0.717) is 0 Å². The molecule has 0 aliphatic rings. The molecule has 0 saturated carbocycles. The first-order valence-electron chi connectivity index (χ1n) is 6.81. The van der Waals surface area contributed by atoms with Crippen molar-refractivity contribution in [3.8, 4) is 5.75 Å². The SMILES string of the molecule is COc1ccc(C)cc1C(NN)c1csc2ccccc12. The van der Waals surface area contributed by atoms with Crippen LogP contribution in [0.15, 0.2) is 47.8 Å². The van der Waals surface area contributed by atoms with E-state index in [9.17, 15) is 0 Å². The first-order chi connectivity index (χ1) is 10.2. The largest absolute Gasteiger partial charge is 0.496 e. The maximum absolute atomic E-state index is 5.86. The number of rotatable bonds is 4. The van der Waals surface area contributed by atoms with E-state index in [2.05, 4.69) is 48.1 Å². The number of hydrogen-bond acceptors (Lipinski definition) is 4. The molecule has 0 spiro atoms. The van der Waals surface area contributed by atoms with Gasteiger partial charge < -0.3 is 4.74 Å². The zero-order valence-corrected chi connectivity index (χ0v) is 12.9. The highest BCUT2D eigenvalue weighted by Gasteiger charge is 2.20. The van der Waals surface area contributed by atoms with Gasteiger partial charge in [-0.15, -0.1) is 11.3 Å². The summed E-state index contributed by atoms with van der Waals surface area (Å²) in [7, 11) is 1.69. The lowest BCUT2D eigenvalue weighted by Crippen LogP contribution is -2.29. The lowest BCUT2D eigenvalue weighted by molar-refractivity contribution is 0.404. The molecule has 1 atom stereocenters. The summed E-state index contributed by atoms with van der Waals surface area (Å²) in [5.74, 6) is 6.71. The third kappa shape index (κ3) is 2.53. The lowest BCUT2D eigenvalue weighted by atomic mass is 9.96. The number of thiophene rings is 1. The van der Waals surface area contributed by atoms with E-state index in [1.54, 1.807) is 18.4 Å². The molecule has 1 heterocycles. The van der Waals surface area contributed by atoms with Crippen molar-refractivity contribution in [3.05, 3.63) is 64.5 Å². The van der Waals surface area contributed by atoms with Crippen LogP contribution in [0.4, 0.5) is 0 Å². The van der Waals surface area contributed by atoms with E-state index >= 15 is 0 Å². The van der Waals surface area contributed by atoms with E-state index in [0.717, 1.165) is 11.3 Å². The first-order valence-corrected chi connectivity index (χ1v) is 7.69. The second-order valence-electron chi connectivity index (χ2n) is 5.03. The highest BCUT2D eigenvalue weighted by molar-refractivity contribution is 7.17. The summed E-state index contributed by atoms with van der Waals surface area (Å²) in [5.41, 5.74) is 6.37. The van der Waals surface area contributed by atoms with Gasteiger partial charge >= 0.3 is 0 Å². The van der Waals surface area contributed by atoms with Crippen LogP contribution in [0.2, 0.25) is 0 Å². The van der Waals surface area contributed by atoms with Gasteiger partial charge in [0.1, 0.15) is 5.75 Å². The van der Waals surface area contributed by atoms with Gasteiger partial charge in [-0.1, -0.05) is 35.9 Å². The zero-order chi connectivity index (χ0) is 14.8. The molecule has 108 valence electrons. The fourth-order valence-electron chi connectivity index (χ4n) is 2.65. The third-order valence-electron chi connectivity index (χ3n) is 3.68. The zero-order valence-electron chi connectivity index (χ0n) is 12.1. The van der Waals surface area contributed by atoms with E-state index in [1.807, 2.05) is 12.1 Å². The molecule has 4 heteroatoms. The Bertz CT molecular complexity index is 766. The summed E-state index contributed by atoms with van der Waals surface area (Å²) in [5, 5.41) is 3.39. The van der Waals surface area contributed by atoms with Crippen molar-refractivity contribution in [2.45, 2.75) is 13.0 Å². The Morgan fingerprint density at radius 2 is 1.95 bits per heavy atom. The number of aryl methyl sites for hydroxylation is 1. The minimum Gasteiger partial charge on any atom is -0.496 e. The van der Waals surface area contributed by atoms with Crippen molar-refractivity contribution in [1.82, 2.24) is 5.43 Å². The molecule has 0 aliphatic heterocycles. The van der Waals surface area contributed by atoms with Crippen LogP contribution in [0, 0.1) is 6.92 Å². The molecule has 0 saturated heterocycles. The summed E-state index contributed by atoms with van der Waals surface area (Å²) < 4.78 is 6.76. The van der Waals surface area contributed by atoms with Gasteiger partial charge in [-0.25, -0.2) is 5.43 Å². The molecule has 0 amide bonds. The number of hydrazine groups is 1. The average molecular weight is 298 g/mol. The number of nitrogens with one attached hydrogen (secondary N) is 1. The molecule has 0 aliphatic carbocycles. The van der Waals surface area contributed by atoms with Crippen LogP contribution in [0.5, 0.6) is 5.75 Å². The second-order valence-corrected chi connectivity index (χ2v) is 5.94. The number of nitrogens with two attached hydrogens (primary N) is 1. The fraction of sp³-hybridized carbons (Fsp3) is 0.176. The number of hydrogen-bond donors (Lipinski definition) is 2. The van der Waals surface area contributed by atoms with Crippen molar-refractivity contribution in [2.75, 3.05) is 7.11 Å². The van der Waals surface area contributed by atoms with Gasteiger partial charge in [0, 0.05) is 10.3 Å². The Balaban J connectivity index is 2.16. The van der Waals surface area contributed by atoms with Gasteiger partial charge in [0.2, 0.25) is 0 Å². The summed E-state index contributed by atoms with van der Waals surface area (Å²) in [6.07, 6.45) is 0. The smallest absolute Gasteiger partial charge is 0.124 e. The molecule has 1 aromatic heterocycles. The molecular formula is C17H18N2OS. The number of fused-ring (bicyclic) bond motifs is 1. The normalized spacial score (nSPS) is 12.5. The topological polar surface area (TPSA) is 47.3 Å². The maximum atomic E-state index is 5.86. The third-order valence-corrected chi connectivity index (χ3v) is 4.67. The summed E-state index contributed by atoms with van der Waals surface area (Å²) >= 11 is 1.73. The fourth-order valence-corrected chi connectivity index (χ4v) is 3.64. The number of benzene rings is 2. The highest BCUT2D eigenvalue weighted by Crippen LogP contribution is 2.36. The molecule has 0 bridgehead atoms. The molecule has 3 N–H and O–H groups in total. The lowest BCUT2D eigenvalue weighted by Gasteiger charge is -2.19. The maximum Gasteiger partial charge on any atom is 0.124 e. The number of methoxy groups -OCH3 is 1. The van der Waals surface area contributed by atoms with E-state index in [1.165, 1.54) is 21.2 Å². The summed E-state index contributed by atoms with van der Waals surface area (Å²) in [4.78, 5) is 0. The van der Waals surface area contributed by atoms with Gasteiger partial charge in [0.25, 0.3) is 0 Å². The second kappa shape index (κ2) is 5.85. The summed E-state index contributed by atoms with van der Waals surface area (Å²) in [6.45, 7) is 2.07. The standard InChI is InChI=1S/C17H18N2OS/c1-11-7-8-15(20-2)13(9-11)17(19-18)14-10-21-16-6-4-3-5-12(14)16/h3-10,17,19H,18H2,1-2H3. The van der Waals surface area contributed by atoms with E-state index in [4.69, 9.17) is 10.6 Å². The van der Waals surface area contributed by atoms with E-state index < -0.39 is 0 Å². The van der Waals surface area contributed by atoms with Crippen LogP contribution in [0.25, 0.3) is 10.1 Å². The quantitative estimate of drug-likeness (QED) is 0.569. The van der Waals surface area contributed by atoms with Crippen molar-refractivity contribution in [3.63, 3.8) is 0 Å². The molecule has 3 nitrogen and oxygen atoms in total. The number of ether oxygens (including phenoxy) is 1. The molecule has 0 fully saturated rings. The highest BCUT2D eigenvalue weighted by atomic mass is 32.1. The Kier molecular flexibility index (Phi) is 3.92. The Morgan fingerprint density at radius 3 is 2.71 bits per heavy atom. The van der Waals surface area contributed by atoms with Crippen molar-refractivity contribution in [2.24, 2.45) is 5.84 Å². The van der Waals surface area contributed by atoms with Gasteiger partial charge in [0.05, 0.1) is 13.2 Å². The van der Waals surface area contributed by atoms with Crippen LogP contribution in [-0.4, -0.2) is 7.11 Å². The predicted molar refractivity (Wildman–Crippen MR) is 88.7 cm³/mol. The van der Waals surface area contributed by atoms with E-state index in [-0.39, 0.29) is 6.04 Å². The first kappa shape index (κ1) is 14.1. The molecule has 3 aromatic rings. The molecule has 21 heavy (non-hydrogen) atoms. The predicted octanol–water partition coefficient (Wildman–Crippen LogP) is 3.77. The monoisotopic (exact) mass is 298 g/mol. The van der Waals surface area contributed by atoms with Crippen LogP contribution in [0.1, 0.15) is 22.7 Å². The minimum absolute atomic E-state index is 0.0870. The minimum atomic E-state index is -0.0870. The van der Waals surface area contributed by atoms with Gasteiger partial charge in [0.15, 0.2) is 0 Å². The average Bonchev–Trinajstić information content (AvgIpc) is 2.93. The van der Waals surface area contributed by atoms with Gasteiger partial charge in [-0.2, -0.15) is 0 Å². The van der Waals surface area contributed by atoms with Crippen molar-refractivity contribution < 1.29 is 4.74 Å². The van der Waals surface area contributed by atoms with Crippen LogP contribution in [-0.2, 0) is 0 Å². The Hall–Kier alpha value is -1.88.